The van der Waals surface area contributed by atoms with E-state index in [9.17, 15) is 19.8 Å². The van der Waals surface area contributed by atoms with Gasteiger partial charge in [-0.25, -0.2) is 4.98 Å². The molecule has 1 fully saturated rings. The summed E-state index contributed by atoms with van der Waals surface area (Å²) in [5, 5.41) is 26.3. The van der Waals surface area contributed by atoms with Gasteiger partial charge in [-0.1, -0.05) is 66.3 Å². The average Bonchev–Trinajstić information content (AvgIpc) is 3.65. The van der Waals surface area contributed by atoms with E-state index in [1.165, 1.54) is 0 Å². The minimum absolute atomic E-state index is 0.0142. The fourth-order valence-corrected chi connectivity index (χ4v) is 6.47. The lowest BCUT2D eigenvalue weighted by molar-refractivity contribution is -0.0434. The highest BCUT2D eigenvalue weighted by Crippen LogP contribution is 2.37. The van der Waals surface area contributed by atoms with Crippen LogP contribution in [0.1, 0.15) is 52.4 Å². The molecule has 10 heteroatoms. The number of carbonyl (C=O) groups excluding carboxylic acids is 1. The first kappa shape index (κ1) is 29.4. The number of aliphatic hydroxyl groups is 2. The number of nitrogens with two attached hydrogens (primary N) is 1. The van der Waals surface area contributed by atoms with Crippen LogP contribution in [0.15, 0.2) is 77.6 Å². The number of fused-ring (bicyclic) bond motifs is 1. The van der Waals surface area contributed by atoms with Crippen molar-refractivity contribution < 1.29 is 19.7 Å². The molecule has 7 aromatic rings. The van der Waals surface area contributed by atoms with Crippen molar-refractivity contribution in [3.63, 3.8) is 0 Å². The molecule has 8 rings (SSSR count). The number of nitrogen functional groups attached to an aromatic ring is 1. The van der Waals surface area contributed by atoms with Crippen LogP contribution in [0.3, 0.4) is 0 Å². The zero-order valence-electron chi connectivity index (χ0n) is 25.6. The number of aromatic amines is 1. The van der Waals surface area contributed by atoms with Crippen molar-refractivity contribution in [1.29, 1.82) is 0 Å². The third-order valence-electron chi connectivity index (χ3n) is 8.85. The fourth-order valence-electron chi connectivity index (χ4n) is 6.47. The van der Waals surface area contributed by atoms with Gasteiger partial charge in [0, 0.05) is 28.7 Å². The summed E-state index contributed by atoms with van der Waals surface area (Å²) in [6.45, 7) is 1.17. The molecule has 3 heterocycles. The number of ether oxygens (including phenoxy) is 1. The lowest BCUT2D eigenvalue weighted by atomic mass is 9.90. The Bertz CT molecular complexity index is 2620. The molecule has 1 saturated heterocycles. The Hall–Kier alpha value is -6.04. The van der Waals surface area contributed by atoms with E-state index in [4.69, 9.17) is 10.5 Å². The van der Waals surface area contributed by atoms with Gasteiger partial charge in [0.2, 0.25) is 5.95 Å². The maximum Gasteiger partial charge on any atom is 0.280 e. The lowest BCUT2D eigenvalue weighted by Gasteiger charge is -2.15. The molecule has 2 aromatic heterocycles. The van der Waals surface area contributed by atoms with Crippen LogP contribution >= 0.6 is 0 Å². The fraction of sp³-hybridized carbons (Fsp3) is 0.158. The van der Waals surface area contributed by atoms with Crippen LogP contribution in [0.5, 0.6) is 0 Å². The summed E-state index contributed by atoms with van der Waals surface area (Å²) >= 11 is 0. The van der Waals surface area contributed by atoms with E-state index in [1.54, 1.807) is 23.6 Å². The third-order valence-corrected chi connectivity index (χ3v) is 8.85. The molecule has 5 aromatic carbocycles. The number of rotatable bonds is 3. The Morgan fingerprint density at radius 3 is 2.15 bits per heavy atom. The summed E-state index contributed by atoms with van der Waals surface area (Å²) in [5.74, 6) is 13.1. The van der Waals surface area contributed by atoms with Gasteiger partial charge in [0.25, 0.3) is 5.56 Å². The second-order valence-electron chi connectivity index (χ2n) is 11.8. The molecule has 0 amide bonds. The first-order chi connectivity index (χ1) is 23.3. The second kappa shape index (κ2) is 11.3. The summed E-state index contributed by atoms with van der Waals surface area (Å²) in [6.07, 6.45) is -2.34. The maximum atomic E-state index is 12.7. The highest BCUT2D eigenvalue weighted by molar-refractivity contribution is 6.24. The van der Waals surface area contributed by atoms with Gasteiger partial charge in [-0.3, -0.25) is 19.1 Å². The predicted octanol–water partition coefficient (Wildman–Crippen LogP) is 4.24. The van der Waals surface area contributed by atoms with Gasteiger partial charge in [-0.2, -0.15) is 4.98 Å². The van der Waals surface area contributed by atoms with Crippen LogP contribution in [0.2, 0.25) is 0 Å². The number of benzene rings is 5. The van der Waals surface area contributed by atoms with Crippen LogP contribution in [-0.4, -0.2) is 54.3 Å². The molecule has 0 aliphatic carbocycles. The Balaban J connectivity index is 1.25. The number of aliphatic hydroxyl groups excluding tert-OH is 2. The van der Waals surface area contributed by atoms with E-state index in [-0.39, 0.29) is 41.7 Å². The monoisotopic (exact) mass is 633 g/mol. The summed E-state index contributed by atoms with van der Waals surface area (Å²) < 4.78 is 7.46. The minimum atomic E-state index is -0.919. The quantitative estimate of drug-likeness (QED) is 0.128. The standard InChI is InChI=1S/C38H27N5O5/c1-20(45)22-5-2-21(3-6-22)4-7-23-8-10-25-13-16-28-24(9-11-26-12-15-27(23)33(25)34(26)28)14-17-31-40-35-36(41-38(39)42-37(35)47)43(31)32-18-29(46)30(19-44)48-32/h2-3,5-6,8-13,15-16,29-30,32,44,46H,18-19H2,1H3,(H3,39,41,42,47)/t29-,30+,32+/m0/s1. The average molecular weight is 634 g/mol. The SMILES string of the molecule is CC(=O)c1ccc(C#Cc2ccc3ccc4c(C#Cc5nc6c(=O)[nH]c(N)nc6n5[C@H]5C[C@H](O)[C@@H](CO)O5)ccc5ccc2c3c54)cc1. The smallest absolute Gasteiger partial charge is 0.280 e. The lowest BCUT2D eigenvalue weighted by Crippen LogP contribution is -2.24. The maximum absolute atomic E-state index is 12.7. The Kier molecular flexibility index (Phi) is 6.94. The topological polar surface area (TPSA) is 156 Å². The number of Topliss-reactive ketones (excluding diaryl/α,β-unsaturated/α-hetero) is 1. The van der Waals surface area contributed by atoms with Crippen molar-refractivity contribution in [3.05, 3.63) is 111 Å². The van der Waals surface area contributed by atoms with Gasteiger partial charge in [-0.15, -0.1) is 0 Å². The molecule has 1 aliphatic rings. The zero-order valence-corrected chi connectivity index (χ0v) is 25.6. The number of H-pyrrole nitrogens is 1. The molecule has 48 heavy (non-hydrogen) atoms. The highest BCUT2D eigenvalue weighted by atomic mass is 16.5. The van der Waals surface area contributed by atoms with E-state index in [0.29, 0.717) is 5.56 Å². The Labute approximate surface area is 273 Å². The van der Waals surface area contributed by atoms with Crippen molar-refractivity contribution in [2.45, 2.75) is 31.8 Å². The molecule has 0 radical (unpaired) electrons. The summed E-state index contributed by atoms with van der Waals surface area (Å²) in [4.78, 5) is 35.7. The highest BCUT2D eigenvalue weighted by Gasteiger charge is 2.36. The number of ketones is 1. The minimum Gasteiger partial charge on any atom is -0.394 e. The summed E-state index contributed by atoms with van der Waals surface area (Å²) in [7, 11) is 0. The molecular formula is C38H27N5O5. The van der Waals surface area contributed by atoms with Gasteiger partial charge >= 0.3 is 0 Å². The second-order valence-corrected chi connectivity index (χ2v) is 11.8. The van der Waals surface area contributed by atoms with Crippen LogP contribution in [0.25, 0.3) is 43.5 Å². The molecule has 10 nitrogen and oxygen atoms in total. The van der Waals surface area contributed by atoms with Gasteiger partial charge in [0.1, 0.15) is 12.3 Å². The molecule has 0 bridgehead atoms. The zero-order chi connectivity index (χ0) is 33.1. The molecule has 234 valence electrons. The van der Waals surface area contributed by atoms with E-state index in [2.05, 4.69) is 62.9 Å². The molecule has 1 aliphatic heterocycles. The van der Waals surface area contributed by atoms with Crippen LogP contribution in [-0.2, 0) is 4.74 Å². The molecule has 0 saturated carbocycles. The van der Waals surface area contributed by atoms with Gasteiger partial charge in [0.05, 0.1) is 12.7 Å². The number of hydrogen-bond donors (Lipinski definition) is 4. The summed E-state index contributed by atoms with van der Waals surface area (Å²) in [5.41, 5.74) is 8.66. The van der Waals surface area contributed by atoms with E-state index >= 15 is 0 Å². The Morgan fingerprint density at radius 1 is 0.917 bits per heavy atom. The molecular weight excluding hydrogens is 606 g/mol. The number of nitrogens with one attached hydrogen (secondary N) is 1. The van der Waals surface area contributed by atoms with Crippen molar-refractivity contribution in [2.24, 2.45) is 0 Å². The van der Waals surface area contributed by atoms with Crippen LogP contribution in [0, 0.1) is 23.7 Å². The first-order valence-corrected chi connectivity index (χ1v) is 15.4. The van der Waals surface area contributed by atoms with Crippen molar-refractivity contribution in [2.75, 3.05) is 12.3 Å². The predicted molar refractivity (Wildman–Crippen MR) is 183 cm³/mol. The number of hydrogen-bond acceptors (Lipinski definition) is 8. The molecule has 3 atom stereocenters. The third kappa shape index (κ3) is 4.84. The van der Waals surface area contributed by atoms with Gasteiger partial charge in [0.15, 0.2) is 22.8 Å². The van der Waals surface area contributed by atoms with Crippen molar-refractivity contribution >= 4 is 55.2 Å². The normalized spacial score (nSPS) is 17.5. The number of anilines is 1. The van der Waals surface area contributed by atoms with Crippen LogP contribution < -0.4 is 11.3 Å². The van der Waals surface area contributed by atoms with E-state index in [0.717, 1.165) is 49.0 Å². The molecule has 0 unspecified atom stereocenters. The van der Waals surface area contributed by atoms with Crippen molar-refractivity contribution in [3.8, 4) is 23.7 Å². The Morgan fingerprint density at radius 2 is 1.54 bits per heavy atom. The molecule has 5 N–H and O–H groups in total. The molecule has 0 spiro atoms. The van der Waals surface area contributed by atoms with E-state index in [1.807, 2.05) is 36.4 Å². The van der Waals surface area contributed by atoms with Crippen LogP contribution in [0.4, 0.5) is 5.95 Å². The van der Waals surface area contributed by atoms with Gasteiger partial charge < -0.3 is 20.7 Å². The number of carbonyl (C=O) groups is 1. The van der Waals surface area contributed by atoms with E-state index < -0.39 is 24.0 Å². The van der Waals surface area contributed by atoms with Crippen molar-refractivity contribution in [1.82, 2.24) is 19.5 Å². The first-order valence-electron chi connectivity index (χ1n) is 15.4. The largest absolute Gasteiger partial charge is 0.394 e. The summed E-state index contributed by atoms with van der Waals surface area (Å²) in [6, 6.07) is 23.6. The number of imidazole rings is 1. The van der Waals surface area contributed by atoms with Gasteiger partial charge in [-0.05, 0) is 69.4 Å². The number of aromatic nitrogens is 4. The number of nitrogens with zero attached hydrogens (tertiary/aromatic N) is 3.